The summed E-state index contributed by atoms with van der Waals surface area (Å²) in [5, 5.41) is 0. The van der Waals surface area contributed by atoms with Gasteiger partial charge in [-0.2, -0.15) is 0 Å². The lowest BCUT2D eigenvalue weighted by Gasteiger charge is -2.03. The highest BCUT2D eigenvalue weighted by molar-refractivity contribution is 7.09. The zero-order valence-electron chi connectivity index (χ0n) is 8.51. The fraction of sp³-hybridized carbons (Fsp3) is 0.273. The summed E-state index contributed by atoms with van der Waals surface area (Å²) in [7, 11) is 0. The molecule has 0 radical (unpaired) electrons. The maximum absolute atomic E-state index is 10.7. The van der Waals surface area contributed by atoms with Crippen LogP contribution in [0.15, 0.2) is 23.8 Å². The first-order valence-electron chi connectivity index (χ1n) is 4.80. The second-order valence-corrected chi connectivity index (χ2v) is 4.29. The third-order valence-electron chi connectivity index (χ3n) is 2.41. The van der Waals surface area contributed by atoms with Crippen molar-refractivity contribution in [2.75, 3.05) is 0 Å². The van der Waals surface area contributed by atoms with Crippen molar-refractivity contribution in [2.24, 2.45) is 0 Å². The lowest BCUT2D eigenvalue weighted by Crippen LogP contribution is -2.03. The van der Waals surface area contributed by atoms with Gasteiger partial charge in [-0.15, -0.1) is 11.3 Å². The van der Waals surface area contributed by atoms with Gasteiger partial charge in [-0.25, -0.2) is 4.98 Å². The van der Waals surface area contributed by atoms with E-state index in [0.29, 0.717) is 0 Å². The smallest absolute Gasteiger partial charge is 0.166 e. The van der Waals surface area contributed by atoms with Crippen LogP contribution in [0.5, 0.6) is 0 Å². The number of nitrogens with zero attached hydrogens (tertiary/aromatic N) is 2. The van der Waals surface area contributed by atoms with Crippen LogP contribution >= 0.6 is 11.3 Å². The van der Waals surface area contributed by atoms with E-state index in [9.17, 15) is 4.79 Å². The summed E-state index contributed by atoms with van der Waals surface area (Å²) in [6, 6.07) is 3.72. The zero-order chi connectivity index (χ0) is 10.7. The molecule has 78 valence electrons. The number of carbonyl (C=O) groups is 1. The molecule has 2 aromatic heterocycles. The summed E-state index contributed by atoms with van der Waals surface area (Å²) in [6.45, 7) is 2.85. The first-order chi connectivity index (χ1) is 7.31. The van der Waals surface area contributed by atoms with Crippen LogP contribution in [-0.4, -0.2) is 15.8 Å². The molecule has 2 aromatic rings. The Bertz CT molecular complexity index is 459. The zero-order valence-corrected chi connectivity index (χ0v) is 9.33. The Kier molecular flexibility index (Phi) is 2.97. The van der Waals surface area contributed by atoms with Crippen LogP contribution in [0.3, 0.4) is 0 Å². The van der Waals surface area contributed by atoms with Gasteiger partial charge in [-0.3, -0.25) is 4.79 Å². The fourth-order valence-corrected chi connectivity index (χ4v) is 2.30. The number of aldehydes is 1. The molecule has 0 amide bonds. The van der Waals surface area contributed by atoms with Crippen molar-refractivity contribution in [3.8, 4) is 0 Å². The Hall–Kier alpha value is -1.42. The summed E-state index contributed by atoms with van der Waals surface area (Å²) in [4.78, 5) is 16.2. The minimum Gasteiger partial charge on any atom is -0.345 e. The van der Waals surface area contributed by atoms with Crippen molar-refractivity contribution in [3.63, 3.8) is 0 Å². The van der Waals surface area contributed by atoms with Crippen molar-refractivity contribution >= 4 is 17.6 Å². The van der Waals surface area contributed by atoms with Gasteiger partial charge in [0.05, 0.1) is 16.9 Å². The summed E-state index contributed by atoms with van der Waals surface area (Å²) < 4.78 is 1.96. The highest BCUT2D eigenvalue weighted by Crippen LogP contribution is 2.14. The molecular weight excluding hydrogens is 208 g/mol. The van der Waals surface area contributed by atoms with E-state index in [1.165, 1.54) is 4.88 Å². The highest BCUT2D eigenvalue weighted by Gasteiger charge is 2.03. The van der Waals surface area contributed by atoms with E-state index >= 15 is 0 Å². The van der Waals surface area contributed by atoms with Gasteiger partial charge >= 0.3 is 0 Å². The Morgan fingerprint density at radius 1 is 1.60 bits per heavy atom. The van der Waals surface area contributed by atoms with Crippen LogP contribution < -0.4 is 0 Å². The molecule has 0 unspecified atom stereocenters. The standard InChI is InChI=1S/C11H12N2OS/c1-9-11(15-8-12-9)4-6-13-5-2-3-10(13)7-14/h2-3,5,7-8H,4,6H2,1H3. The number of thiazole rings is 1. The van der Waals surface area contributed by atoms with Crippen LogP contribution in [0.25, 0.3) is 0 Å². The summed E-state index contributed by atoms with van der Waals surface area (Å²) in [5.74, 6) is 0. The Morgan fingerprint density at radius 3 is 3.13 bits per heavy atom. The van der Waals surface area contributed by atoms with E-state index < -0.39 is 0 Å². The van der Waals surface area contributed by atoms with E-state index in [2.05, 4.69) is 4.98 Å². The third kappa shape index (κ3) is 2.15. The van der Waals surface area contributed by atoms with Crippen LogP contribution in [0, 0.1) is 6.92 Å². The lowest BCUT2D eigenvalue weighted by molar-refractivity contribution is 0.111. The molecule has 4 heteroatoms. The molecule has 0 atom stereocenters. The number of carbonyl (C=O) groups excluding carboxylic acids is 1. The van der Waals surface area contributed by atoms with Crippen molar-refractivity contribution in [1.82, 2.24) is 9.55 Å². The second kappa shape index (κ2) is 4.40. The van der Waals surface area contributed by atoms with E-state index in [1.54, 1.807) is 11.3 Å². The van der Waals surface area contributed by atoms with E-state index in [-0.39, 0.29) is 0 Å². The SMILES string of the molecule is Cc1ncsc1CCn1cccc1C=O. The molecule has 0 spiro atoms. The molecule has 15 heavy (non-hydrogen) atoms. The molecule has 0 fully saturated rings. The van der Waals surface area contributed by atoms with Gasteiger partial charge in [-0.05, 0) is 19.1 Å². The molecule has 0 aromatic carbocycles. The Labute approximate surface area is 92.4 Å². The van der Waals surface area contributed by atoms with Crippen molar-refractivity contribution in [1.29, 1.82) is 0 Å². The molecular formula is C11H12N2OS. The Balaban J connectivity index is 2.05. The number of hydrogen-bond acceptors (Lipinski definition) is 3. The van der Waals surface area contributed by atoms with Gasteiger partial charge in [0.1, 0.15) is 0 Å². The number of aryl methyl sites for hydroxylation is 3. The van der Waals surface area contributed by atoms with Gasteiger partial charge in [0, 0.05) is 24.0 Å². The molecule has 3 nitrogen and oxygen atoms in total. The highest BCUT2D eigenvalue weighted by atomic mass is 32.1. The average Bonchev–Trinajstić information content (AvgIpc) is 2.83. The van der Waals surface area contributed by atoms with Gasteiger partial charge in [-0.1, -0.05) is 0 Å². The first kappa shape index (κ1) is 10.1. The van der Waals surface area contributed by atoms with Gasteiger partial charge in [0.15, 0.2) is 6.29 Å². The molecule has 0 saturated carbocycles. The van der Waals surface area contributed by atoms with E-state index in [0.717, 1.165) is 30.6 Å². The van der Waals surface area contributed by atoms with E-state index in [4.69, 9.17) is 0 Å². The molecule has 0 bridgehead atoms. The minimum atomic E-state index is 0.733. The topological polar surface area (TPSA) is 34.9 Å². The Morgan fingerprint density at radius 2 is 2.47 bits per heavy atom. The summed E-state index contributed by atoms with van der Waals surface area (Å²) in [6.07, 6.45) is 3.76. The molecule has 0 saturated heterocycles. The fourth-order valence-electron chi connectivity index (χ4n) is 1.53. The number of aromatic nitrogens is 2. The predicted octanol–water partition coefficient (Wildman–Crippen LogP) is 2.31. The quantitative estimate of drug-likeness (QED) is 0.741. The second-order valence-electron chi connectivity index (χ2n) is 3.36. The molecule has 0 aliphatic carbocycles. The molecule has 0 aliphatic rings. The van der Waals surface area contributed by atoms with Crippen LogP contribution in [-0.2, 0) is 13.0 Å². The third-order valence-corrected chi connectivity index (χ3v) is 3.40. The molecule has 2 heterocycles. The van der Waals surface area contributed by atoms with Crippen molar-refractivity contribution < 1.29 is 4.79 Å². The number of hydrogen-bond donors (Lipinski definition) is 0. The predicted molar refractivity (Wildman–Crippen MR) is 60.4 cm³/mol. The maximum Gasteiger partial charge on any atom is 0.166 e. The minimum absolute atomic E-state index is 0.733. The molecule has 0 N–H and O–H groups in total. The van der Waals surface area contributed by atoms with Gasteiger partial charge in [0.2, 0.25) is 0 Å². The van der Waals surface area contributed by atoms with Crippen LogP contribution in [0.2, 0.25) is 0 Å². The van der Waals surface area contributed by atoms with Gasteiger partial charge < -0.3 is 4.57 Å². The average molecular weight is 220 g/mol. The van der Waals surface area contributed by atoms with E-state index in [1.807, 2.05) is 35.3 Å². The first-order valence-corrected chi connectivity index (χ1v) is 5.68. The van der Waals surface area contributed by atoms with Crippen molar-refractivity contribution in [3.05, 3.63) is 40.1 Å². The van der Waals surface area contributed by atoms with Crippen molar-refractivity contribution in [2.45, 2.75) is 19.9 Å². The largest absolute Gasteiger partial charge is 0.345 e. The molecule has 0 aliphatic heterocycles. The normalized spacial score (nSPS) is 10.5. The lowest BCUT2D eigenvalue weighted by atomic mass is 10.3. The van der Waals surface area contributed by atoms with Crippen LogP contribution in [0.4, 0.5) is 0 Å². The summed E-state index contributed by atoms with van der Waals surface area (Å²) in [5.41, 5.74) is 3.69. The summed E-state index contributed by atoms with van der Waals surface area (Å²) >= 11 is 1.67. The molecule has 2 rings (SSSR count). The van der Waals surface area contributed by atoms with Gasteiger partial charge in [0.25, 0.3) is 0 Å². The monoisotopic (exact) mass is 220 g/mol. The maximum atomic E-state index is 10.7. The van der Waals surface area contributed by atoms with Crippen LogP contribution in [0.1, 0.15) is 21.1 Å². The number of rotatable bonds is 4.